The number of amides is 1. The second-order valence-electron chi connectivity index (χ2n) is 6.33. The van der Waals surface area contributed by atoms with Crippen LogP contribution in [0.4, 0.5) is 0 Å². The number of hydrogen-bond acceptors (Lipinski definition) is 5. The van der Waals surface area contributed by atoms with Gasteiger partial charge in [-0.05, 0) is 48.7 Å². The van der Waals surface area contributed by atoms with Crippen LogP contribution in [0.25, 0.3) is 11.0 Å². The Balaban J connectivity index is 1.91. The molecule has 6 nitrogen and oxygen atoms in total. The number of methoxy groups -OCH3 is 2. The fraction of sp³-hybridized carbons (Fsp3) is 0.238. The van der Waals surface area contributed by atoms with Crippen LogP contribution in [0.15, 0.2) is 45.6 Å². The van der Waals surface area contributed by atoms with Crippen LogP contribution < -0.4 is 20.4 Å². The molecule has 0 saturated heterocycles. The number of rotatable bonds is 5. The van der Waals surface area contributed by atoms with Crippen molar-refractivity contribution in [1.29, 1.82) is 0 Å². The van der Waals surface area contributed by atoms with Crippen LogP contribution in [0, 0.1) is 13.8 Å². The molecule has 0 radical (unpaired) electrons. The monoisotopic (exact) mass is 367 g/mol. The third kappa shape index (κ3) is 3.95. The zero-order chi connectivity index (χ0) is 19.6. The third-order valence-corrected chi connectivity index (χ3v) is 4.31. The summed E-state index contributed by atoms with van der Waals surface area (Å²) in [7, 11) is 3.05. The quantitative estimate of drug-likeness (QED) is 0.700. The highest BCUT2D eigenvalue weighted by Crippen LogP contribution is 2.24. The van der Waals surface area contributed by atoms with Gasteiger partial charge in [-0.2, -0.15) is 0 Å². The molecule has 0 atom stereocenters. The third-order valence-electron chi connectivity index (χ3n) is 4.31. The van der Waals surface area contributed by atoms with E-state index in [-0.39, 0.29) is 12.5 Å². The lowest BCUT2D eigenvalue weighted by Crippen LogP contribution is -2.23. The molecule has 1 N–H and O–H groups in total. The molecule has 0 fully saturated rings. The average molecular weight is 367 g/mol. The first-order valence-electron chi connectivity index (χ1n) is 8.46. The van der Waals surface area contributed by atoms with Crippen molar-refractivity contribution >= 4 is 16.9 Å². The minimum Gasteiger partial charge on any atom is -0.497 e. The summed E-state index contributed by atoms with van der Waals surface area (Å²) < 4.78 is 15.7. The van der Waals surface area contributed by atoms with Crippen molar-refractivity contribution in [3.63, 3.8) is 0 Å². The number of nitrogens with one attached hydrogen (secondary N) is 1. The first-order chi connectivity index (χ1) is 12.9. The molecule has 2 aromatic carbocycles. The fourth-order valence-corrected chi connectivity index (χ4v) is 3.04. The highest BCUT2D eigenvalue weighted by Gasteiger charge is 2.13. The van der Waals surface area contributed by atoms with Gasteiger partial charge in [0.25, 0.3) is 5.91 Å². The van der Waals surface area contributed by atoms with Crippen molar-refractivity contribution in [3.8, 4) is 11.5 Å². The summed E-state index contributed by atoms with van der Waals surface area (Å²) in [5, 5.41) is 3.66. The van der Waals surface area contributed by atoms with Gasteiger partial charge >= 0.3 is 5.63 Å². The average Bonchev–Trinajstić information content (AvgIpc) is 2.66. The van der Waals surface area contributed by atoms with Gasteiger partial charge in [0.15, 0.2) is 0 Å². The van der Waals surface area contributed by atoms with Crippen molar-refractivity contribution in [3.05, 3.63) is 69.1 Å². The first-order valence-corrected chi connectivity index (χ1v) is 8.46. The molecule has 140 valence electrons. The second kappa shape index (κ2) is 7.53. The van der Waals surface area contributed by atoms with E-state index in [1.54, 1.807) is 18.2 Å². The Hall–Kier alpha value is -3.28. The largest absolute Gasteiger partial charge is 0.497 e. The number of carbonyl (C=O) groups excluding carboxylic acids is 1. The number of benzene rings is 2. The summed E-state index contributed by atoms with van der Waals surface area (Å²) in [4.78, 5) is 24.5. The van der Waals surface area contributed by atoms with Crippen molar-refractivity contribution in [2.75, 3.05) is 14.2 Å². The van der Waals surface area contributed by atoms with Gasteiger partial charge in [-0.15, -0.1) is 0 Å². The van der Waals surface area contributed by atoms with Crippen molar-refractivity contribution in [1.82, 2.24) is 5.32 Å². The summed E-state index contributed by atoms with van der Waals surface area (Å²) in [5.41, 5.74) is 3.15. The zero-order valence-electron chi connectivity index (χ0n) is 15.7. The SMILES string of the molecule is COc1cc(OC)cc(C(=O)NCc2cc(=O)oc3c(C)cc(C)cc23)c1. The number of ether oxygens (including phenoxy) is 2. The first kappa shape index (κ1) is 18.5. The number of fused-ring (bicyclic) bond motifs is 1. The molecule has 3 aromatic rings. The Morgan fingerprint density at radius 1 is 1.00 bits per heavy atom. The predicted molar refractivity (Wildman–Crippen MR) is 103 cm³/mol. The van der Waals surface area contributed by atoms with E-state index in [9.17, 15) is 9.59 Å². The second-order valence-corrected chi connectivity index (χ2v) is 6.33. The maximum Gasteiger partial charge on any atom is 0.336 e. The summed E-state index contributed by atoms with van der Waals surface area (Å²) in [6.07, 6.45) is 0. The van der Waals surface area contributed by atoms with E-state index in [2.05, 4.69) is 5.32 Å². The lowest BCUT2D eigenvalue weighted by molar-refractivity contribution is 0.0950. The molecule has 1 aromatic heterocycles. The molecule has 0 saturated carbocycles. The summed E-state index contributed by atoms with van der Waals surface area (Å²) in [5.74, 6) is 0.756. The van der Waals surface area contributed by atoms with E-state index in [0.29, 0.717) is 28.2 Å². The molecule has 0 spiro atoms. The number of carbonyl (C=O) groups is 1. The minimum absolute atomic E-state index is 0.198. The summed E-state index contributed by atoms with van der Waals surface area (Å²) >= 11 is 0. The van der Waals surface area contributed by atoms with Crippen LogP contribution in [0.5, 0.6) is 11.5 Å². The molecule has 3 rings (SSSR count). The van der Waals surface area contributed by atoms with Crippen molar-refractivity contribution < 1.29 is 18.7 Å². The standard InChI is InChI=1S/C21H21NO5/c1-12-5-13(2)20-18(6-12)15(9-19(23)27-20)11-22-21(24)14-7-16(25-3)10-17(8-14)26-4/h5-10H,11H2,1-4H3,(H,22,24). The maximum absolute atomic E-state index is 12.6. The maximum atomic E-state index is 12.6. The molecular formula is C21H21NO5. The molecule has 0 aliphatic heterocycles. The normalized spacial score (nSPS) is 10.7. The van der Waals surface area contributed by atoms with Crippen LogP contribution in [0.2, 0.25) is 0 Å². The van der Waals surface area contributed by atoms with E-state index in [1.807, 2.05) is 26.0 Å². The van der Waals surface area contributed by atoms with E-state index < -0.39 is 5.63 Å². The Morgan fingerprint density at radius 2 is 1.67 bits per heavy atom. The van der Waals surface area contributed by atoms with Crippen LogP contribution >= 0.6 is 0 Å². The zero-order valence-corrected chi connectivity index (χ0v) is 15.7. The highest BCUT2D eigenvalue weighted by atomic mass is 16.5. The van der Waals surface area contributed by atoms with Gasteiger partial charge in [-0.3, -0.25) is 4.79 Å². The highest BCUT2D eigenvalue weighted by molar-refractivity contribution is 5.95. The molecule has 1 amide bonds. The van der Waals surface area contributed by atoms with Crippen LogP contribution in [-0.2, 0) is 6.54 Å². The Kier molecular flexibility index (Phi) is 5.16. The van der Waals surface area contributed by atoms with Crippen molar-refractivity contribution in [2.24, 2.45) is 0 Å². The van der Waals surface area contributed by atoms with E-state index >= 15 is 0 Å². The molecule has 0 unspecified atom stereocenters. The van der Waals surface area contributed by atoms with Crippen molar-refractivity contribution in [2.45, 2.75) is 20.4 Å². The number of aryl methyl sites for hydroxylation is 2. The molecule has 0 aliphatic rings. The van der Waals surface area contributed by atoms with Gasteiger partial charge in [0.2, 0.25) is 0 Å². The topological polar surface area (TPSA) is 77.8 Å². The van der Waals surface area contributed by atoms with E-state index in [4.69, 9.17) is 13.9 Å². The smallest absolute Gasteiger partial charge is 0.336 e. The Bertz CT molecular complexity index is 1050. The van der Waals surface area contributed by atoms with Gasteiger partial charge in [0.1, 0.15) is 17.1 Å². The lowest BCUT2D eigenvalue weighted by atomic mass is 10.0. The summed E-state index contributed by atoms with van der Waals surface area (Å²) in [6, 6.07) is 10.3. The Labute approximate surface area is 156 Å². The van der Waals surface area contributed by atoms with Gasteiger partial charge < -0.3 is 19.2 Å². The summed E-state index contributed by atoms with van der Waals surface area (Å²) in [6.45, 7) is 4.06. The van der Waals surface area contributed by atoms with E-state index in [1.165, 1.54) is 20.3 Å². The van der Waals surface area contributed by atoms with Gasteiger partial charge in [-0.1, -0.05) is 6.07 Å². The van der Waals surface area contributed by atoms with Gasteiger partial charge in [-0.25, -0.2) is 4.79 Å². The van der Waals surface area contributed by atoms with Gasteiger partial charge in [0, 0.05) is 29.6 Å². The fourth-order valence-electron chi connectivity index (χ4n) is 3.04. The van der Waals surface area contributed by atoms with Crippen LogP contribution in [0.1, 0.15) is 27.0 Å². The van der Waals surface area contributed by atoms with Gasteiger partial charge in [0.05, 0.1) is 14.2 Å². The molecular weight excluding hydrogens is 346 g/mol. The minimum atomic E-state index is -0.443. The van der Waals surface area contributed by atoms with Crippen LogP contribution in [0.3, 0.4) is 0 Å². The van der Waals surface area contributed by atoms with E-state index in [0.717, 1.165) is 16.5 Å². The molecule has 0 bridgehead atoms. The predicted octanol–water partition coefficient (Wildman–Crippen LogP) is 3.36. The number of hydrogen-bond donors (Lipinski definition) is 1. The Morgan fingerprint density at radius 3 is 2.30 bits per heavy atom. The molecule has 1 heterocycles. The molecule has 6 heteroatoms. The molecule has 0 aliphatic carbocycles. The lowest BCUT2D eigenvalue weighted by Gasteiger charge is -2.11. The molecule has 27 heavy (non-hydrogen) atoms. The van der Waals surface area contributed by atoms with Crippen LogP contribution in [-0.4, -0.2) is 20.1 Å².